The number of carbonyl (C=O) groups is 1. The van der Waals surface area contributed by atoms with Gasteiger partial charge in [-0.15, -0.1) is 13.2 Å². The molecule has 150 valence electrons. The zero-order chi connectivity index (χ0) is 21.0. The second-order valence-electron chi connectivity index (χ2n) is 6.08. The Morgan fingerprint density at radius 1 is 1.07 bits per heavy atom. The van der Waals surface area contributed by atoms with E-state index in [-0.39, 0.29) is 23.2 Å². The summed E-state index contributed by atoms with van der Waals surface area (Å²) in [6, 6.07) is 14.0. The van der Waals surface area contributed by atoms with Crippen LogP contribution in [0.25, 0.3) is 11.1 Å². The Balaban J connectivity index is 2.04. The molecule has 0 aliphatic rings. The summed E-state index contributed by atoms with van der Waals surface area (Å²) in [6.45, 7) is 0. The van der Waals surface area contributed by atoms with Gasteiger partial charge in [-0.3, -0.25) is 4.98 Å². The van der Waals surface area contributed by atoms with E-state index in [9.17, 15) is 23.1 Å². The van der Waals surface area contributed by atoms with Gasteiger partial charge in [0.2, 0.25) is 0 Å². The lowest BCUT2D eigenvalue weighted by Gasteiger charge is -2.15. The van der Waals surface area contributed by atoms with Crippen molar-refractivity contribution >= 4 is 5.97 Å². The highest BCUT2D eigenvalue weighted by Crippen LogP contribution is 2.33. The minimum Gasteiger partial charge on any atom is -0.497 e. The molecule has 1 N–H and O–H groups in total. The van der Waals surface area contributed by atoms with Crippen molar-refractivity contribution in [2.75, 3.05) is 7.11 Å². The largest absolute Gasteiger partial charge is 0.573 e. The molecule has 0 fully saturated rings. The van der Waals surface area contributed by atoms with Crippen LogP contribution in [0.15, 0.2) is 60.8 Å². The van der Waals surface area contributed by atoms with Gasteiger partial charge in [-0.05, 0) is 41.5 Å². The molecule has 1 aromatic heterocycles. The molecule has 1 heterocycles. The van der Waals surface area contributed by atoms with Crippen LogP contribution < -0.4 is 9.47 Å². The number of hydrogen-bond donors (Lipinski definition) is 1. The Bertz CT molecular complexity index is 1030. The van der Waals surface area contributed by atoms with Crippen LogP contribution in [0.3, 0.4) is 0 Å². The number of hydrogen-bond acceptors (Lipinski definition) is 4. The van der Waals surface area contributed by atoms with Crippen molar-refractivity contribution in [3.05, 3.63) is 77.6 Å². The molecule has 0 aliphatic heterocycles. The van der Waals surface area contributed by atoms with Crippen LogP contribution in [-0.2, 0) is 6.42 Å². The summed E-state index contributed by atoms with van der Waals surface area (Å²) in [6.07, 6.45) is -3.65. The summed E-state index contributed by atoms with van der Waals surface area (Å²) in [7, 11) is 1.49. The Kier molecular flexibility index (Phi) is 5.72. The first kappa shape index (κ1) is 20.2. The van der Waals surface area contributed by atoms with E-state index >= 15 is 0 Å². The predicted octanol–water partition coefficient (Wildman–Crippen LogP) is 4.94. The maximum atomic E-state index is 13.0. The molecule has 3 aromatic rings. The lowest BCUT2D eigenvalue weighted by atomic mass is 9.99. The second-order valence-corrected chi connectivity index (χ2v) is 6.08. The van der Waals surface area contributed by atoms with Gasteiger partial charge in [-0.1, -0.05) is 24.3 Å². The summed E-state index contributed by atoms with van der Waals surface area (Å²) in [5, 5.41) is 9.28. The van der Waals surface area contributed by atoms with Crippen molar-refractivity contribution in [3.8, 4) is 22.6 Å². The maximum Gasteiger partial charge on any atom is 0.573 e. The molecule has 0 spiro atoms. The lowest BCUT2D eigenvalue weighted by molar-refractivity contribution is -0.274. The molecule has 0 radical (unpaired) electrons. The number of nitrogens with zero attached hydrogens (tertiary/aromatic N) is 1. The fourth-order valence-electron chi connectivity index (χ4n) is 2.86. The molecule has 0 atom stereocenters. The van der Waals surface area contributed by atoms with Crippen molar-refractivity contribution < 1.29 is 32.5 Å². The summed E-state index contributed by atoms with van der Waals surface area (Å²) < 4.78 is 48.3. The van der Waals surface area contributed by atoms with Crippen LogP contribution in [0.4, 0.5) is 13.2 Å². The van der Waals surface area contributed by atoms with Crippen LogP contribution in [-0.4, -0.2) is 29.5 Å². The normalized spacial score (nSPS) is 11.2. The van der Waals surface area contributed by atoms with Crippen molar-refractivity contribution in [2.45, 2.75) is 12.8 Å². The van der Waals surface area contributed by atoms with Crippen molar-refractivity contribution in [2.24, 2.45) is 0 Å². The second kappa shape index (κ2) is 8.22. The Hall–Kier alpha value is -3.55. The highest BCUT2D eigenvalue weighted by molar-refractivity contribution is 5.88. The first-order chi connectivity index (χ1) is 13.8. The third-order valence-electron chi connectivity index (χ3n) is 4.17. The fourth-order valence-corrected chi connectivity index (χ4v) is 2.86. The van der Waals surface area contributed by atoms with Crippen LogP contribution >= 0.6 is 0 Å². The summed E-state index contributed by atoms with van der Waals surface area (Å²) >= 11 is 0. The molecule has 8 heteroatoms. The minimum absolute atomic E-state index is 0.0812. The number of rotatable bonds is 6. The standard InChI is InChI=1S/C21H16F3NO4/c1-28-16-5-2-4-13(10-16)14-7-8-15(19(12-14)29-21(22,23)24)11-18-17(20(26)27)6-3-9-25-18/h2-10,12H,11H2,1H3,(H,26,27). The summed E-state index contributed by atoms with van der Waals surface area (Å²) in [5.41, 5.74) is 1.36. The maximum absolute atomic E-state index is 13.0. The first-order valence-electron chi connectivity index (χ1n) is 8.47. The SMILES string of the molecule is COc1cccc(-c2ccc(Cc3ncccc3C(=O)O)c(OC(F)(F)F)c2)c1. The quantitative estimate of drug-likeness (QED) is 0.631. The third kappa shape index (κ3) is 5.04. The highest BCUT2D eigenvalue weighted by Gasteiger charge is 2.32. The summed E-state index contributed by atoms with van der Waals surface area (Å²) in [5.74, 6) is -1.07. The van der Waals surface area contributed by atoms with Crippen LogP contribution in [0, 0.1) is 0 Å². The van der Waals surface area contributed by atoms with Gasteiger partial charge >= 0.3 is 12.3 Å². The number of carboxylic acid groups (broad SMARTS) is 1. The highest BCUT2D eigenvalue weighted by atomic mass is 19.4. The van der Waals surface area contributed by atoms with E-state index in [1.165, 1.54) is 37.6 Å². The summed E-state index contributed by atoms with van der Waals surface area (Å²) in [4.78, 5) is 15.4. The third-order valence-corrected chi connectivity index (χ3v) is 4.17. The van der Waals surface area contributed by atoms with Gasteiger partial charge in [0, 0.05) is 18.2 Å². The van der Waals surface area contributed by atoms with Gasteiger partial charge in [0.15, 0.2) is 0 Å². The minimum atomic E-state index is -4.90. The molecule has 0 saturated heterocycles. The van der Waals surface area contributed by atoms with E-state index in [1.54, 1.807) is 30.3 Å². The Morgan fingerprint density at radius 2 is 1.83 bits per heavy atom. The number of aromatic nitrogens is 1. The van der Waals surface area contributed by atoms with Gasteiger partial charge in [0.1, 0.15) is 11.5 Å². The molecule has 0 amide bonds. The van der Waals surface area contributed by atoms with Crippen LogP contribution in [0.5, 0.6) is 11.5 Å². The molecular formula is C21H16F3NO4. The van der Waals surface area contributed by atoms with E-state index in [4.69, 9.17) is 4.74 Å². The molecule has 2 aromatic carbocycles. The topological polar surface area (TPSA) is 68.7 Å². The van der Waals surface area contributed by atoms with Crippen LogP contribution in [0.2, 0.25) is 0 Å². The number of aromatic carboxylic acids is 1. The Morgan fingerprint density at radius 3 is 2.52 bits per heavy atom. The number of carboxylic acids is 1. The average Bonchev–Trinajstić information content (AvgIpc) is 2.68. The number of pyridine rings is 1. The van der Waals surface area contributed by atoms with Crippen molar-refractivity contribution in [3.63, 3.8) is 0 Å². The first-order valence-corrected chi connectivity index (χ1v) is 8.47. The van der Waals surface area contributed by atoms with Crippen molar-refractivity contribution in [1.29, 1.82) is 0 Å². The van der Waals surface area contributed by atoms with E-state index < -0.39 is 18.1 Å². The van der Waals surface area contributed by atoms with E-state index in [0.29, 0.717) is 16.9 Å². The van der Waals surface area contributed by atoms with Crippen molar-refractivity contribution in [1.82, 2.24) is 4.98 Å². The van der Waals surface area contributed by atoms with Gasteiger partial charge in [0.25, 0.3) is 0 Å². The lowest BCUT2D eigenvalue weighted by Crippen LogP contribution is -2.18. The average molecular weight is 403 g/mol. The predicted molar refractivity (Wildman–Crippen MR) is 99.1 cm³/mol. The number of alkyl halides is 3. The fraction of sp³-hybridized carbons (Fsp3) is 0.143. The van der Waals surface area contributed by atoms with Gasteiger partial charge in [-0.2, -0.15) is 0 Å². The van der Waals surface area contributed by atoms with E-state index in [1.807, 2.05) is 0 Å². The zero-order valence-electron chi connectivity index (χ0n) is 15.2. The van der Waals surface area contributed by atoms with Gasteiger partial charge in [0.05, 0.1) is 18.4 Å². The number of methoxy groups -OCH3 is 1. The molecule has 0 aliphatic carbocycles. The number of ether oxygens (including phenoxy) is 2. The molecule has 3 rings (SSSR count). The monoisotopic (exact) mass is 403 g/mol. The van der Waals surface area contributed by atoms with E-state index in [2.05, 4.69) is 9.72 Å². The molecule has 0 bridgehead atoms. The molecule has 0 saturated carbocycles. The molecule has 0 unspecified atom stereocenters. The number of benzene rings is 2. The molecule has 29 heavy (non-hydrogen) atoms. The zero-order valence-corrected chi connectivity index (χ0v) is 15.2. The Labute approximate surface area is 164 Å². The number of halogens is 3. The smallest absolute Gasteiger partial charge is 0.497 e. The van der Waals surface area contributed by atoms with E-state index in [0.717, 1.165) is 0 Å². The van der Waals surface area contributed by atoms with Gasteiger partial charge in [-0.25, -0.2) is 4.79 Å². The molecular weight excluding hydrogens is 387 g/mol. The van der Waals surface area contributed by atoms with Crippen LogP contribution in [0.1, 0.15) is 21.6 Å². The van der Waals surface area contributed by atoms with Gasteiger partial charge < -0.3 is 14.6 Å². The molecule has 5 nitrogen and oxygen atoms in total.